The summed E-state index contributed by atoms with van der Waals surface area (Å²) in [6.07, 6.45) is 2.94. The third-order valence-electron chi connectivity index (χ3n) is 4.21. The van der Waals surface area contributed by atoms with Crippen LogP contribution < -0.4 is 4.90 Å². The van der Waals surface area contributed by atoms with E-state index >= 15 is 0 Å². The number of anilines is 1. The summed E-state index contributed by atoms with van der Waals surface area (Å²) in [5, 5.41) is 0. The van der Waals surface area contributed by atoms with Gasteiger partial charge in [0.1, 0.15) is 10.7 Å². The summed E-state index contributed by atoms with van der Waals surface area (Å²) in [5.74, 6) is -1.34. The zero-order valence-electron chi connectivity index (χ0n) is 10.6. The lowest BCUT2D eigenvalue weighted by Gasteiger charge is -2.34. The Balaban J connectivity index is 2.12. The van der Waals surface area contributed by atoms with E-state index in [1.807, 2.05) is 0 Å². The minimum atomic E-state index is -1.51. The predicted molar refractivity (Wildman–Crippen MR) is 78.9 cm³/mol. The summed E-state index contributed by atoms with van der Waals surface area (Å²) in [4.78, 5) is 12.7. The van der Waals surface area contributed by atoms with Crippen molar-refractivity contribution in [1.29, 1.82) is 0 Å². The quantitative estimate of drug-likeness (QED) is 0.547. The van der Waals surface area contributed by atoms with Crippen LogP contribution in [0.4, 0.5) is 10.1 Å². The number of benzene rings is 1. The number of carbonyl (C=O) groups is 1. The molecule has 2 fully saturated rings. The van der Waals surface area contributed by atoms with Crippen LogP contribution in [0.15, 0.2) is 24.3 Å². The Morgan fingerprint density at radius 1 is 1.20 bits per heavy atom. The molecule has 1 saturated heterocycles. The van der Waals surface area contributed by atoms with Gasteiger partial charge in [-0.25, -0.2) is 4.39 Å². The van der Waals surface area contributed by atoms with Crippen LogP contribution in [0.5, 0.6) is 0 Å². The third-order valence-corrected chi connectivity index (χ3v) is 5.68. The molecule has 0 N–H and O–H groups in total. The number of halogens is 4. The van der Waals surface area contributed by atoms with Crippen molar-refractivity contribution in [3.05, 3.63) is 30.1 Å². The summed E-state index contributed by atoms with van der Waals surface area (Å²) in [7, 11) is 0. The fourth-order valence-corrected chi connectivity index (χ4v) is 4.74. The number of carbonyl (C=O) groups excluding carboxylic acids is 1. The van der Waals surface area contributed by atoms with Gasteiger partial charge in [0.15, 0.2) is 0 Å². The molecule has 0 spiro atoms. The van der Waals surface area contributed by atoms with Crippen LogP contribution in [0.3, 0.4) is 0 Å². The van der Waals surface area contributed by atoms with E-state index in [0.717, 1.165) is 17.7 Å². The fraction of sp³-hybridized carbons (Fsp3) is 0.500. The Kier molecular flexibility index (Phi) is 3.43. The normalized spacial score (nSPS) is 32.3. The molecule has 2 unspecified atom stereocenters. The van der Waals surface area contributed by atoms with Gasteiger partial charge in [0.2, 0.25) is 4.46 Å². The largest absolute Gasteiger partial charge is 0.275 e. The molecule has 108 valence electrons. The van der Waals surface area contributed by atoms with Gasteiger partial charge < -0.3 is 0 Å². The van der Waals surface area contributed by atoms with Gasteiger partial charge >= 0.3 is 0 Å². The van der Waals surface area contributed by atoms with Crippen molar-refractivity contribution in [2.75, 3.05) is 4.90 Å². The number of amides is 1. The van der Waals surface area contributed by atoms with E-state index in [1.54, 1.807) is 12.1 Å². The van der Waals surface area contributed by atoms with E-state index in [2.05, 4.69) is 0 Å². The van der Waals surface area contributed by atoms with Crippen molar-refractivity contribution in [2.24, 2.45) is 5.92 Å². The lowest BCUT2D eigenvalue weighted by atomic mass is 9.80. The van der Waals surface area contributed by atoms with Crippen LogP contribution >= 0.6 is 34.8 Å². The fourth-order valence-electron chi connectivity index (χ4n) is 3.22. The standard InChI is InChI=1S/C14H13Cl3FNO/c15-13-8-4-3-7-11(13)14(16,17)19(12(13)20)10-6-2-1-5-9(10)18/h1-2,5-6,11H,3-4,7-8H2. The molecule has 1 aromatic rings. The molecule has 2 nitrogen and oxygen atoms in total. The Bertz CT molecular complexity index is 565. The van der Waals surface area contributed by atoms with Gasteiger partial charge in [0, 0.05) is 5.92 Å². The smallest absolute Gasteiger partial charge is 0.251 e. The number of nitrogens with zero attached hydrogens (tertiary/aromatic N) is 1. The third kappa shape index (κ3) is 1.87. The summed E-state index contributed by atoms with van der Waals surface area (Å²) in [6.45, 7) is 0. The number of hydrogen-bond acceptors (Lipinski definition) is 1. The summed E-state index contributed by atoms with van der Waals surface area (Å²) in [5.41, 5.74) is 0.0805. The van der Waals surface area contributed by atoms with Crippen molar-refractivity contribution in [3.8, 4) is 0 Å². The molecular formula is C14H13Cl3FNO. The maximum absolute atomic E-state index is 14.0. The first-order valence-corrected chi connectivity index (χ1v) is 7.68. The van der Waals surface area contributed by atoms with Gasteiger partial charge in [-0.05, 0) is 25.0 Å². The van der Waals surface area contributed by atoms with Gasteiger partial charge in [-0.1, -0.05) is 48.2 Å². The van der Waals surface area contributed by atoms with Crippen LogP contribution in [0.2, 0.25) is 0 Å². The van der Waals surface area contributed by atoms with Gasteiger partial charge in [0.25, 0.3) is 5.91 Å². The molecule has 0 bridgehead atoms. The van der Waals surface area contributed by atoms with Gasteiger partial charge in [-0.15, -0.1) is 11.6 Å². The molecule has 3 rings (SSSR count). The predicted octanol–water partition coefficient (Wildman–Crippen LogP) is 4.47. The molecule has 1 saturated carbocycles. The first kappa shape index (κ1) is 14.4. The highest BCUT2D eigenvalue weighted by Gasteiger charge is 2.66. The molecule has 20 heavy (non-hydrogen) atoms. The van der Waals surface area contributed by atoms with Crippen LogP contribution in [-0.2, 0) is 4.79 Å². The minimum absolute atomic E-state index is 0.0805. The zero-order chi connectivity index (χ0) is 14.5. The van der Waals surface area contributed by atoms with Crippen molar-refractivity contribution in [2.45, 2.75) is 35.0 Å². The molecular weight excluding hydrogens is 324 g/mol. The Hall–Kier alpha value is -0.510. The first-order valence-electron chi connectivity index (χ1n) is 6.55. The van der Waals surface area contributed by atoms with Crippen LogP contribution in [0, 0.1) is 11.7 Å². The average Bonchev–Trinajstić information content (AvgIpc) is 2.56. The molecule has 1 heterocycles. The molecule has 1 aromatic carbocycles. The van der Waals surface area contributed by atoms with Crippen molar-refractivity contribution in [3.63, 3.8) is 0 Å². The maximum Gasteiger partial charge on any atom is 0.251 e. The molecule has 6 heteroatoms. The molecule has 0 aromatic heterocycles. The van der Waals surface area contributed by atoms with Gasteiger partial charge in [-0.3, -0.25) is 9.69 Å². The van der Waals surface area contributed by atoms with Crippen LogP contribution in [-0.4, -0.2) is 15.2 Å². The molecule has 2 aliphatic rings. The molecule has 0 radical (unpaired) electrons. The summed E-state index contributed by atoms with van der Waals surface area (Å²) in [6, 6.07) is 5.95. The SMILES string of the molecule is O=C1N(c2ccccc2F)C(Cl)(Cl)C2CCCCC12Cl. The topological polar surface area (TPSA) is 20.3 Å². The number of para-hydroxylation sites is 1. The second kappa shape index (κ2) is 4.75. The Morgan fingerprint density at radius 3 is 2.55 bits per heavy atom. The molecule has 1 aliphatic carbocycles. The number of fused-ring (bicyclic) bond motifs is 1. The summed E-state index contributed by atoms with van der Waals surface area (Å²) < 4.78 is 12.5. The van der Waals surface area contributed by atoms with Crippen molar-refractivity contribution >= 4 is 46.4 Å². The van der Waals surface area contributed by atoms with E-state index < -0.39 is 27.0 Å². The lowest BCUT2D eigenvalue weighted by molar-refractivity contribution is -0.120. The number of alkyl halides is 3. The van der Waals surface area contributed by atoms with Gasteiger partial charge in [-0.2, -0.15) is 0 Å². The number of hydrogen-bond donors (Lipinski definition) is 0. The monoisotopic (exact) mass is 335 g/mol. The van der Waals surface area contributed by atoms with Crippen LogP contribution in [0.25, 0.3) is 0 Å². The van der Waals surface area contributed by atoms with E-state index in [0.29, 0.717) is 12.8 Å². The van der Waals surface area contributed by atoms with Crippen LogP contribution in [0.1, 0.15) is 25.7 Å². The highest BCUT2D eigenvalue weighted by molar-refractivity contribution is 6.55. The van der Waals surface area contributed by atoms with E-state index in [-0.39, 0.29) is 5.69 Å². The van der Waals surface area contributed by atoms with Crippen molar-refractivity contribution < 1.29 is 9.18 Å². The maximum atomic E-state index is 14.0. The first-order chi connectivity index (χ1) is 9.39. The van der Waals surface area contributed by atoms with E-state index in [1.165, 1.54) is 12.1 Å². The minimum Gasteiger partial charge on any atom is -0.275 e. The second-order valence-electron chi connectivity index (χ2n) is 5.34. The number of rotatable bonds is 1. The highest BCUT2D eigenvalue weighted by atomic mass is 35.5. The Morgan fingerprint density at radius 2 is 1.90 bits per heavy atom. The molecule has 2 atom stereocenters. The van der Waals surface area contributed by atoms with E-state index in [9.17, 15) is 9.18 Å². The molecule has 1 aliphatic heterocycles. The summed E-state index contributed by atoms with van der Waals surface area (Å²) >= 11 is 19.4. The van der Waals surface area contributed by atoms with Gasteiger partial charge in [0.05, 0.1) is 5.69 Å². The second-order valence-corrected chi connectivity index (χ2v) is 7.36. The van der Waals surface area contributed by atoms with Crippen molar-refractivity contribution in [1.82, 2.24) is 0 Å². The average molecular weight is 337 g/mol. The zero-order valence-corrected chi connectivity index (χ0v) is 12.9. The van der Waals surface area contributed by atoms with E-state index in [4.69, 9.17) is 34.8 Å². The lowest BCUT2D eigenvalue weighted by Crippen LogP contribution is -2.40. The highest BCUT2D eigenvalue weighted by Crippen LogP contribution is 2.58. The Labute approximate surface area is 131 Å². The molecule has 1 amide bonds.